The van der Waals surface area contributed by atoms with Gasteiger partial charge in [0.15, 0.2) is 6.61 Å². The Kier molecular flexibility index (Phi) is 6.20. The summed E-state index contributed by atoms with van der Waals surface area (Å²) in [5, 5.41) is 6.37. The topological polar surface area (TPSA) is 51.2 Å². The van der Waals surface area contributed by atoms with E-state index in [-0.39, 0.29) is 18.3 Å². The zero-order chi connectivity index (χ0) is 18.4. The molecule has 0 radical (unpaired) electrons. The lowest BCUT2D eigenvalue weighted by molar-refractivity contribution is -0.123. The first kappa shape index (κ1) is 18.4. The SMILES string of the molecule is O=C(COc1ccc(F)cc1)NCCc1csc(-c2ccc(Cl)cc2)n1. The molecule has 1 N–H and O–H groups in total. The molecule has 0 bridgehead atoms. The van der Waals surface area contributed by atoms with Gasteiger partial charge in [-0.1, -0.05) is 23.7 Å². The van der Waals surface area contributed by atoms with Gasteiger partial charge in [0.05, 0.1) is 5.69 Å². The standard InChI is InChI=1S/C19H16ClFN2O2S/c20-14-3-1-13(2-4-14)19-23-16(12-26-19)9-10-22-18(24)11-25-17-7-5-15(21)6-8-17/h1-8,12H,9-11H2,(H,22,24). The van der Waals surface area contributed by atoms with Gasteiger partial charge in [-0.05, 0) is 36.4 Å². The van der Waals surface area contributed by atoms with Crippen molar-refractivity contribution >= 4 is 28.8 Å². The van der Waals surface area contributed by atoms with Crippen LogP contribution in [0, 0.1) is 5.82 Å². The maximum Gasteiger partial charge on any atom is 0.257 e. The summed E-state index contributed by atoms with van der Waals surface area (Å²) in [5.41, 5.74) is 1.93. The van der Waals surface area contributed by atoms with Gasteiger partial charge in [-0.3, -0.25) is 4.79 Å². The Hall–Kier alpha value is -2.44. The van der Waals surface area contributed by atoms with Crippen LogP contribution in [0.4, 0.5) is 4.39 Å². The minimum Gasteiger partial charge on any atom is -0.484 e. The second-order valence-electron chi connectivity index (χ2n) is 5.49. The summed E-state index contributed by atoms with van der Waals surface area (Å²) < 4.78 is 18.1. The zero-order valence-corrected chi connectivity index (χ0v) is 15.3. The number of carbonyl (C=O) groups excluding carboxylic acids is 1. The van der Waals surface area contributed by atoms with Crippen LogP contribution in [0.5, 0.6) is 5.75 Å². The highest BCUT2D eigenvalue weighted by Gasteiger charge is 2.07. The van der Waals surface area contributed by atoms with Crippen molar-refractivity contribution in [1.29, 1.82) is 0 Å². The third kappa shape index (κ3) is 5.28. The number of ether oxygens (including phenoxy) is 1. The maximum atomic E-state index is 12.8. The van der Waals surface area contributed by atoms with Crippen LogP contribution in [0.2, 0.25) is 5.02 Å². The number of halogens is 2. The third-order valence-electron chi connectivity index (χ3n) is 3.53. The third-order valence-corrected chi connectivity index (χ3v) is 4.72. The predicted molar refractivity (Wildman–Crippen MR) is 101 cm³/mol. The lowest BCUT2D eigenvalue weighted by atomic mass is 10.2. The van der Waals surface area contributed by atoms with Crippen LogP contribution in [0.1, 0.15) is 5.69 Å². The molecule has 3 aromatic rings. The van der Waals surface area contributed by atoms with Crippen molar-refractivity contribution in [3.05, 3.63) is 70.4 Å². The first-order valence-corrected chi connectivity index (χ1v) is 9.21. The average molecular weight is 391 g/mol. The molecule has 0 unspecified atom stereocenters. The van der Waals surface area contributed by atoms with Gasteiger partial charge in [0.2, 0.25) is 0 Å². The number of hydrogen-bond donors (Lipinski definition) is 1. The van der Waals surface area contributed by atoms with E-state index in [4.69, 9.17) is 16.3 Å². The van der Waals surface area contributed by atoms with Gasteiger partial charge in [0.1, 0.15) is 16.6 Å². The van der Waals surface area contributed by atoms with Gasteiger partial charge in [-0.25, -0.2) is 9.37 Å². The van der Waals surface area contributed by atoms with Crippen LogP contribution >= 0.6 is 22.9 Å². The highest BCUT2D eigenvalue weighted by atomic mass is 35.5. The van der Waals surface area contributed by atoms with Crippen LogP contribution in [0.15, 0.2) is 53.9 Å². The Morgan fingerprint density at radius 2 is 1.88 bits per heavy atom. The van der Waals surface area contributed by atoms with Gasteiger partial charge in [-0.2, -0.15) is 0 Å². The number of rotatable bonds is 7. The van der Waals surface area contributed by atoms with Gasteiger partial charge in [-0.15, -0.1) is 11.3 Å². The monoisotopic (exact) mass is 390 g/mol. The molecule has 4 nitrogen and oxygen atoms in total. The molecule has 0 aliphatic carbocycles. The molecule has 0 aliphatic rings. The molecule has 1 aromatic heterocycles. The highest BCUT2D eigenvalue weighted by molar-refractivity contribution is 7.13. The zero-order valence-electron chi connectivity index (χ0n) is 13.7. The van der Waals surface area contributed by atoms with E-state index < -0.39 is 0 Å². The molecule has 134 valence electrons. The van der Waals surface area contributed by atoms with E-state index in [0.29, 0.717) is 23.7 Å². The Balaban J connectivity index is 1.42. The maximum absolute atomic E-state index is 12.8. The molecule has 0 saturated carbocycles. The van der Waals surface area contributed by atoms with Crippen molar-refractivity contribution in [3.63, 3.8) is 0 Å². The number of benzene rings is 2. The second-order valence-corrected chi connectivity index (χ2v) is 6.79. The molecular formula is C19H16ClFN2O2S. The van der Waals surface area contributed by atoms with E-state index in [1.54, 1.807) is 11.3 Å². The normalized spacial score (nSPS) is 10.5. The van der Waals surface area contributed by atoms with Crippen molar-refractivity contribution in [2.75, 3.05) is 13.2 Å². The fourth-order valence-electron chi connectivity index (χ4n) is 2.21. The summed E-state index contributed by atoms with van der Waals surface area (Å²) in [6.45, 7) is 0.355. The second kappa shape index (κ2) is 8.78. The van der Waals surface area contributed by atoms with Crippen LogP contribution in [0.3, 0.4) is 0 Å². The van der Waals surface area contributed by atoms with Crippen molar-refractivity contribution in [3.8, 4) is 16.3 Å². The van der Waals surface area contributed by atoms with Crippen molar-refractivity contribution in [2.45, 2.75) is 6.42 Å². The van der Waals surface area contributed by atoms with E-state index >= 15 is 0 Å². The Morgan fingerprint density at radius 1 is 1.15 bits per heavy atom. The summed E-state index contributed by atoms with van der Waals surface area (Å²) in [6.07, 6.45) is 0.631. The number of carbonyl (C=O) groups is 1. The molecule has 3 rings (SSSR count). The molecule has 26 heavy (non-hydrogen) atoms. The largest absolute Gasteiger partial charge is 0.484 e. The first-order valence-electron chi connectivity index (χ1n) is 7.95. The van der Waals surface area contributed by atoms with E-state index in [1.165, 1.54) is 24.3 Å². The first-order chi connectivity index (χ1) is 12.6. The Labute approximate surface area is 159 Å². The summed E-state index contributed by atoms with van der Waals surface area (Å²) in [4.78, 5) is 16.4. The summed E-state index contributed by atoms with van der Waals surface area (Å²) >= 11 is 7.44. The number of aromatic nitrogens is 1. The molecule has 0 atom stereocenters. The number of amides is 1. The minimum absolute atomic E-state index is 0.112. The Morgan fingerprint density at radius 3 is 2.62 bits per heavy atom. The van der Waals surface area contributed by atoms with E-state index in [2.05, 4.69) is 10.3 Å². The molecule has 0 spiro atoms. The van der Waals surface area contributed by atoms with Crippen LogP contribution in [-0.2, 0) is 11.2 Å². The average Bonchev–Trinajstić information content (AvgIpc) is 3.11. The number of nitrogens with one attached hydrogen (secondary N) is 1. The van der Waals surface area contributed by atoms with Gasteiger partial charge in [0.25, 0.3) is 5.91 Å². The molecule has 1 heterocycles. The van der Waals surface area contributed by atoms with Crippen LogP contribution in [-0.4, -0.2) is 24.0 Å². The molecular weight excluding hydrogens is 375 g/mol. The van der Waals surface area contributed by atoms with E-state index in [0.717, 1.165) is 16.3 Å². The van der Waals surface area contributed by atoms with Crippen molar-refractivity contribution in [1.82, 2.24) is 10.3 Å². The van der Waals surface area contributed by atoms with Gasteiger partial charge in [0, 0.05) is 28.9 Å². The van der Waals surface area contributed by atoms with Crippen LogP contribution < -0.4 is 10.1 Å². The van der Waals surface area contributed by atoms with E-state index in [1.807, 2.05) is 29.6 Å². The van der Waals surface area contributed by atoms with Crippen molar-refractivity contribution in [2.24, 2.45) is 0 Å². The van der Waals surface area contributed by atoms with Crippen LogP contribution in [0.25, 0.3) is 10.6 Å². The molecule has 7 heteroatoms. The van der Waals surface area contributed by atoms with Gasteiger partial charge < -0.3 is 10.1 Å². The lowest BCUT2D eigenvalue weighted by Gasteiger charge is -2.06. The molecule has 0 saturated heterocycles. The summed E-state index contributed by atoms with van der Waals surface area (Å²) in [6, 6.07) is 13.1. The highest BCUT2D eigenvalue weighted by Crippen LogP contribution is 2.25. The Bertz CT molecular complexity index is 866. The summed E-state index contributed by atoms with van der Waals surface area (Å²) in [5.74, 6) is -0.126. The molecule has 0 fully saturated rings. The number of nitrogens with zero attached hydrogens (tertiary/aromatic N) is 1. The smallest absolute Gasteiger partial charge is 0.257 e. The lowest BCUT2D eigenvalue weighted by Crippen LogP contribution is -2.30. The summed E-state index contributed by atoms with van der Waals surface area (Å²) in [7, 11) is 0. The molecule has 0 aliphatic heterocycles. The fraction of sp³-hybridized carbons (Fsp3) is 0.158. The minimum atomic E-state index is -0.344. The molecule has 1 amide bonds. The number of thiazole rings is 1. The quantitative estimate of drug-likeness (QED) is 0.652. The van der Waals surface area contributed by atoms with Gasteiger partial charge >= 0.3 is 0 Å². The fourth-order valence-corrected chi connectivity index (χ4v) is 3.19. The predicted octanol–water partition coefficient (Wildman–Crippen LogP) is 4.34. The van der Waals surface area contributed by atoms with E-state index in [9.17, 15) is 9.18 Å². The number of hydrogen-bond acceptors (Lipinski definition) is 4. The molecule has 2 aromatic carbocycles. The van der Waals surface area contributed by atoms with Crippen molar-refractivity contribution < 1.29 is 13.9 Å².